The summed E-state index contributed by atoms with van der Waals surface area (Å²) < 4.78 is 0. The van der Waals surface area contributed by atoms with Crippen molar-refractivity contribution in [1.29, 1.82) is 0 Å². The van der Waals surface area contributed by atoms with E-state index in [-0.39, 0.29) is 0 Å². The first-order chi connectivity index (χ1) is 8.29. The molecule has 0 aliphatic heterocycles. The lowest BCUT2D eigenvalue weighted by Gasteiger charge is -2.21. The van der Waals surface area contributed by atoms with Gasteiger partial charge in [-0.05, 0) is 30.0 Å². The second-order valence-corrected chi connectivity index (χ2v) is 6.40. The quantitative estimate of drug-likeness (QED) is 0.879. The molecule has 94 valence electrons. The summed E-state index contributed by atoms with van der Waals surface area (Å²) in [5.74, 6) is 1.04. The number of nitrogens with two attached hydrogens (primary N) is 1. The van der Waals surface area contributed by atoms with E-state index in [0.29, 0.717) is 6.54 Å². The molecule has 1 saturated carbocycles. The molecule has 0 amide bonds. The predicted molar refractivity (Wildman–Crippen MR) is 77.5 cm³/mol. The van der Waals surface area contributed by atoms with Crippen molar-refractivity contribution < 1.29 is 0 Å². The molecule has 0 spiro atoms. The van der Waals surface area contributed by atoms with E-state index in [0.717, 1.165) is 21.6 Å². The van der Waals surface area contributed by atoms with Gasteiger partial charge in [0, 0.05) is 22.6 Å². The highest BCUT2D eigenvalue weighted by molar-refractivity contribution is 7.99. The van der Waals surface area contributed by atoms with Gasteiger partial charge in [-0.3, -0.25) is 0 Å². The van der Waals surface area contributed by atoms with Gasteiger partial charge in [0.05, 0.1) is 0 Å². The van der Waals surface area contributed by atoms with Gasteiger partial charge in [0.1, 0.15) is 0 Å². The number of benzene rings is 1. The van der Waals surface area contributed by atoms with Gasteiger partial charge < -0.3 is 5.73 Å². The van der Waals surface area contributed by atoms with Crippen LogP contribution in [0.5, 0.6) is 0 Å². The van der Waals surface area contributed by atoms with Gasteiger partial charge in [0.25, 0.3) is 0 Å². The van der Waals surface area contributed by atoms with Gasteiger partial charge >= 0.3 is 0 Å². The summed E-state index contributed by atoms with van der Waals surface area (Å²) in [5, 5.41) is 1.71. The molecule has 0 aromatic heterocycles. The van der Waals surface area contributed by atoms with E-state index >= 15 is 0 Å². The Bertz CT molecular complexity index is 361. The molecular formula is C14H20ClNS. The molecule has 0 bridgehead atoms. The average molecular weight is 270 g/mol. The molecule has 0 atom stereocenters. The topological polar surface area (TPSA) is 26.0 Å². The van der Waals surface area contributed by atoms with Crippen LogP contribution in [0.15, 0.2) is 18.2 Å². The Labute approximate surface area is 113 Å². The van der Waals surface area contributed by atoms with Gasteiger partial charge in [-0.1, -0.05) is 43.0 Å². The van der Waals surface area contributed by atoms with Crippen molar-refractivity contribution in [3.63, 3.8) is 0 Å². The third-order valence-corrected chi connectivity index (χ3v) is 5.15. The average Bonchev–Trinajstić information content (AvgIpc) is 2.38. The first-order valence-electron chi connectivity index (χ1n) is 6.38. The lowest BCUT2D eigenvalue weighted by atomic mass is 10.0. The maximum Gasteiger partial charge on any atom is 0.0449 e. The van der Waals surface area contributed by atoms with Crippen molar-refractivity contribution in [2.24, 2.45) is 5.73 Å². The molecule has 2 rings (SSSR count). The van der Waals surface area contributed by atoms with Crippen molar-refractivity contribution >= 4 is 23.4 Å². The smallest absolute Gasteiger partial charge is 0.0449 e. The fourth-order valence-corrected chi connectivity index (χ4v) is 3.96. The molecule has 1 nitrogen and oxygen atoms in total. The predicted octanol–water partition coefficient (Wildman–Crippen LogP) is 4.36. The number of thioether (sulfide) groups is 1. The fourth-order valence-electron chi connectivity index (χ4n) is 2.27. The minimum Gasteiger partial charge on any atom is -0.326 e. The van der Waals surface area contributed by atoms with Crippen molar-refractivity contribution in [3.8, 4) is 0 Å². The van der Waals surface area contributed by atoms with E-state index in [1.54, 1.807) is 0 Å². The SMILES string of the molecule is NCc1ccc(CSC2CCCCC2)c(Cl)c1. The molecule has 2 N–H and O–H groups in total. The molecule has 0 heterocycles. The third kappa shape index (κ3) is 3.90. The minimum atomic E-state index is 0.565. The van der Waals surface area contributed by atoms with Crippen LogP contribution >= 0.6 is 23.4 Å². The minimum absolute atomic E-state index is 0.565. The van der Waals surface area contributed by atoms with Crippen molar-refractivity contribution in [2.45, 2.75) is 49.7 Å². The molecular weight excluding hydrogens is 250 g/mol. The van der Waals surface area contributed by atoms with Crippen LogP contribution in [0.4, 0.5) is 0 Å². The van der Waals surface area contributed by atoms with Crippen molar-refractivity contribution in [3.05, 3.63) is 34.3 Å². The van der Waals surface area contributed by atoms with Crippen LogP contribution in [-0.2, 0) is 12.3 Å². The zero-order valence-electron chi connectivity index (χ0n) is 10.1. The molecule has 0 saturated heterocycles. The zero-order valence-corrected chi connectivity index (χ0v) is 11.7. The Morgan fingerprint density at radius 3 is 2.65 bits per heavy atom. The lowest BCUT2D eigenvalue weighted by molar-refractivity contribution is 0.516. The Morgan fingerprint density at radius 2 is 2.00 bits per heavy atom. The molecule has 1 aliphatic carbocycles. The largest absolute Gasteiger partial charge is 0.326 e. The van der Waals surface area contributed by atoms with E-state index in [9.17, 15) is 0 Å². The molecule has 1 aromatic carbocycles. The van der Waals surface area contributed by atoms with Crippen LogP contribution in [0.2, 0.25) is 5.02 Å². The maximum atomic E-state index is 6.26. The maximum absolute atomic E-state index is 6.26. The van der Waals surface area contributed by atoms with Crippen LogP contribution < -0.4 is 5.73 Å². The van der Waals surface area contributed by atoms with Crippen LogP contribution in [0.3, 0.4) is 0 Å². The summed E-state index contributed by atoms with van der Waals surface area (Å²) in [6.45, 7) is 0.565. The fraction of sp³-hybridized carbons (Fsp3) is 0.571. The molecule has 1 aromatic rings. The summed E-state index contributed by atoms with van der Waals surface area (Å²) in [5.41, 5.74) is 7.96. The van der Waals surface area contributed by atoms with E-state index in [2.05, 4.69) is 23.9 Å². The highest BCUT2D eigenvalue weighted by Crippen LogP contribution is 2.32. The van der Waals surface area contributed by atoms with Gasteiger partial charge in [0.2, 0.25) is 0 Å². The Balaban J connectivity index is 1.89. The highest BCUT2D eigenvalue weighted by Gasteiger charge is 2.14. The Morgan fingerprint density at radius 1 is 1.24 bits per heavy atom. The zero-order chi connectivity index (χ0) is 12.1. The van der Waals surface area contributed by atoms with E-state index in [1.165, 1.54) is 37.7 Å². The Hall–Kier alpha value is -0.180. The van der Waals surface area contributed by atoms with Crippen LogP contribution in [0.25, 0.3) is 0 Å². The summed E-state index contributed by atoms with van der Waals surface area (Å²) in [7, 11) is 0. The Kier molecular flexibility index (Phi) is 5.20. The van der Waals surface area contributed by atoms with Crippen LogP contribution in [-0.4, -0.2) is 5.25 Å². The van der Waals surface area contributed by atoms with Crippen molar-refractivity contribution in [1.82, 2.24) is 0 Å². The summed E-state index contributed by atoms with van der Waals surface area (Å²) in [6.07, 6.45) is 6.98. The standard InChI is InChI=1S/C14H20ClNS/c15-14-8-11(9-16)6-7-12(14)10-17-13-4-2-1-3-5-13/h6-8,13H,1-5,9-10,16H2. The molecule has 0 unspecified atom stereocenters. The van der Waals surface area contributed by atoms with E-state index in [1.807, 2.05) is 6.07 Å². The first kappa shape index (κ1) is 13.3. The number of hydrogen-bond donors (Lipinski definition) is 1. The highest BCUT2D eigenvalue weighted by atomic mass is 35.5. The molecule has 0 radical (unpaired) electrons. The molecule has 1 aliphatic rings. The number of rotatable bonds is 4. The first-order valence-corrected chi connectivity index (χ1v) is 7.81. The van der Waals surface area contributed by atoms with Gasteiger partial charge in [-0.2, -0.15) is 11.8 Å². The number of hydrogen-bond acceptors (Lipinski definition) is 2. The molecule has 3 heteroatoms. The number of halogens is 1. The lowest BCUT2D eigenvalue weighted by Crippen LogP contribution is -2.08. The third-order valence-electron chi connectivity index (χ3n) is 3.38. The van der Waals surface area contributed by atoms with E-state index < -0.39 is 0 Å². The van der Waals surface area contributed by atoms with Gasteiger partial charge in [0.15, 0.2) is 0 Å². The summed E-state index contributed by atoms with van der Waals surface area (Å²) in [6, 6.07) is 6.21. The van der Waals surface area contributed by atoms with Gasteiger partial charge in [-0.25, -0.2) is 0 Å². The normalized spacial score (nSPS) is 17.3. The summed E-state index contributed by atoms with van der Waals surface area (Å²) >= 11 is 8.32. The van der Waals surface area contributed by atoms with Crippen LogP contribution in [0.1, 0.15) is 43.2 Å². The molecule has 17 heavy (non-hydrogen) atoms. The second-order valence-electron chi connectivity index (χ2n) is 4.70. The molecule has 1 fully saturated rings. The monoisotopic (exact) mass is 269 g/mol. The summed E-state index contributed by atoms with van der Waals surface area (Å²) in [4.78, 5) is 0. The van der Waals surface area contributed by atoms with E-state index in [4.69, 9.17) is 17.3 Å². The second kappa shape index (κ2) is 6.67. The van der Waals surface area contributed by atoms with Crippen molar-refractivity contribution in [2.75, 3.05) is 0 Å². The van der Waals surface area contributed by atoms with Crippen LogP contribution in [0, 0.1) is 0 Å². The van der Waals surface area contributed by atoms with Gasteiger partial charge in [-0.15, -0.1) is 0 Å².